The first-order valence-corrected chi connectivity index (χ1v) is 10.9. The number of halogens is 1. The molecule has 2 aromatic rings. The van der Waals surface area contributed by atoms with Crippen LogP contribution in [-0.2, 0) is 15.8 Å². The second-order valence-corrected chi connectivity index (χ2v) is 9.14. The minimum Gasteiger partial charge on any atom is -0.351 e. The number of nitrogens with one attached hydrogen (secondary N) is 2. The molecule has 0 unspecified atom stereocenters. The molecule has 0 atom stereocenters. The maximum Gasteiger partial charge on any atom is 0.251 e. The Balaban J connectivity index is 1.89. The zero-order valence-electron chi connectivity index (χ0n) is 12.9. The van der Waals surface area contributed by atoms with Gasteiger partial charge in [0.1, 0.15) is 4.90 Å². The molecule has 130 valence electrons. The summed E-state index contributed by atoms with van der Waals surface area (Å²) < 4.78 is 25.9. The van der Waals surface area contributed by atoms with E-state index in [1.807, 2.05) is 11.4 Å². The van der Waals surface area contributed by atoms with Gasteiger partial charge in [-0.05, 0) is 36.7 Å². The summed E-state index contributed by atoms with van der Waals surface area (Å²) in [6, 6.07) is 8.28. The molecule has 0 saturated carbocycles. The maximum atomic E-state index is 12.1. The molecule has 1 heterocycles. The summed E-state index contributed by atoms with van der Waals surface area (Å²) in [6.45, 7) is 0.506. The summed E-state index contributed by atoms with van der Waals surface area (Å²) in [6.07, 6.45) is 0. The Kier molecular flexibility index (Phi) is 7.12. The van der Waals surface area contributed by atoms with Gasteiger partial charge in [-0.1, -0.05) is 17.7 Å². The number of thiophene rings is 1. The Bertz CT molecular complexity index is 792. The fourth-order valence-corrected chi connectivity index (χ4v) is 4.82. The van der Waals surface area contributed by atoms with Gasteiger partial charge in [-0.15, -0.1) is 11.3 Å². The standard InChI is InChI=1S/C15H17ClN2O3S3/c1-17-24(20,21)14-9-11(4-5-13(14)16)15(19)18-6-8-22-10-12-3-2-7-23-12/h2-5,7,9,17H,6,8,10H2,1H3,(H,18,19). The van der Waals surface area contributed by atoms with Crippen LogP contribution in [0.1, 0.15) is 15.2 Å². The molecular weight excluding hydrogens is 388 g/mol. The SMILES string of the molecule is CNS(=O)(=O)c1cc(C(=O)NCCSCc2cccs2)ccc1Cl. The molecule has 2 N–H and O–H groups in total. The van der Waals surface area contributed by atoms with Crippen LogP contribution in [0.25, 0.3) is 0 Å². The highest BCUT2D eigenvalue weighted by molar-refractivity contribution is 7.98. The van der Waals surface area contributed by atoms with E-state index in [-0.39, 0.29) is 21.4 Å². The van der Waals surface area contributed by atoms with Gasteiger partial charge in [0.05, 0.1) is 5.02 Å². The second-order valence-electron chi connectivity index (χ2n) is 4.74. The summed E-state index contributed by atoms with van der Waals surface area (Å²) in [5.41, 5.74) is 0.261. The van der Waals surface area contributed by atoms with Crippen LogP contribution in [0.15, 0.2) is 40.6 Å². The maximum absolute atomic E-state index is 12.1. The van der Waals surface area contributed by atoms with E-state index in [1.54, 1.807) is 23.1 Å². The van der Waals surface area contributed by atoms with Crippen LogP contribution in [0.3, 0.4) is 0 Å². The molecule has 0 fully saturated rings. The molecule has 5 nitrogen and oxygen atoms in total. The van der Waals surface area contributed by atoms with Gasteiger partial charge in [-0.25, -0.2) is 13.1 Å². The van der Waals surface area contributed by atoms with Crippen molar-refractivity contribution >= 4 is 50.6 Å². The minimum atomic E-state index is -3.70. The van der Waals surface area contributed by atoms with E-state index in [2.05, 4.69) is 16.1 Å². The summed E-state index contributed by atoms with van der Waals surface area (Å²) >= 11 is 9.34. The number of carbonyl (C=O) groups is 1. The Morgan fingerprint density at radius 1 is 1.33 bits per heavy atom. The van der Waals surface area contributed by atoms with E-state index in [9.17, 15) is 13.2 Å². The summed E-state index contributed by atoms with van der Waals surface area (Å²) in [7, 11) is -2.41. The van der Waals surface area contributed by atoms with Crippen LogP contribution >= 0.6 is 34.7 Å². The van der Waals surface area contributed by atoms with Crippen molar-refractivity contribution in [1.29, 1.82) is 0 Å². The number of benzene rings is 1. The van der Waals surface area contributed by atoms with Crippen molar-refractivity contribution in [2.75, 3.05) is 19.3 Å². The molecular formula is C15H17ClN2O3S3. The normalized spacial score (nSPS) is 11.4. The lowest BCUT2D eigenvalue weighted by atomic mass is 10.2. The Morgan fingerprint density at radius 3 is 2.79 bits per heavy atom. The molecule has 24 heavy (non-hydrogen) atoms. The predicted octanol–water partition coefficient (Wildman–Crippen LogP) is 2.97. The topological polar surface area (TPSA) is 75.3 Å². The lowest BCUT2D eigenvalue weighted by molar-refractivity contribution is 0.0956. The fraction of sp³-hybridized carbons (Fsp3) is 0.267. The minimum absolute atomic E-state index is 0.0763. The van der Waals surface area contributed by atoms with Crippen LogP contribution in [0, 0.1) is 0 Å². The number of rotatable bonds is 8. The molecule has 0 spiro atoms. The highest BCUT2D eigenvalue weighted by Crippen LogP contribution is 2.22. The average Bonchev–Trinajstić information content (AvgIpc) is 3.08. The van der Waals surface area contributed by atoms with Crippen molar-refractivity contribution in [3.8, 4) is 0 Å². The monoisotopic (exact) mass is 404 g/mol. The Hall–Kier alpha value is -1.06. The third-order valence-electron chi connectivity index (χ3n) is 3.11. The molecule has 0 radical (unpaired) electrons. The van der Waals surface area contributed by atoms with E-state index in [1.165, 1.54) is 30.1 Å². The second kappa shape index (κ2) is 8.87. The quantitative estimate of drug-likeness (QED) is 0.663. The number of thioether (sulfide) groups is 1. The van der Waals surface area contributed by atoms with Gasteiger partial charge in [0, 0.05) is 28.5 Å². The summed E-state index contributed by atoms with van der Waals surface area (Å²) in [5, 5.41) is 4.89. The van der Waals surface area contributed by atoms with Gasteiger partial charge in [-0.2, -0.15) is 11.8 Å². The Labute approximate surface area is 154 Å². The number of amides is 1. The first kappa shape index (κ1) is 19.3. The lowest BCUT2D eigenvalue weighted by Gasteiger charge is -2.09. The van der Waals surface area contributed by atoms with E-state index < -0.39 is 10.0 Å². The molecule has 0 aliphatic carbocycles. The molecule has 9 heteroatoms. The van der Waals surface area contributed by atoms with E-state index in [4.69, 9.17) is 11.6 Å². The molecule has 1 amide bonds. The molecule has 0 aliphatic rings. The first-order valence-electron chi connectivity index (χ1n) is 7.05. The summed E-state index contributed by atoms with van der Waals surface area (Å²) in [4.78, 5) is 13.3. The highest BCUT2D eigenvalue weighted by Gasteiger charge is 2.18. The van der Waals surface area contributed by atoms with E-state index in [0.717, 1.165) is 11.5 Å². The third kappa shape index (κ3) is 5.22. The number of sulfonamides is 1. The zero-order valence-corrected chi connectivity index (χ0v) is 16.1. The van der Waals surface area contributed by atoms with Crippen molar-refractivity contribution in [3.63, 3.8) is 0 Å². The van der Waals surface area contributed by atoms with Crippen molar-refractivity contribution in [3.05, 3.63) is 51.2 Å². The van der Waals surface area contributed by atoms with Gasteiger partial charge >= 0.3 is 0 Å². The van der Waals surface area contributed by atoms with Gasteiger partial charge < -0.3 is 5.32 Å². The molecule has 0 saturated heterocycles. The number of carbonyl (C=O) groups excluding carboxylic acids is 1. The van der Waals surface area contributed by atoms with Crippen LogP contribution in [0.4, 0.5) is 0 Å². The largest absolute Gasteiger partial charge is 0.351 e. The zero-order chi connectivity index (χ0) is 17.6. The average molecular weight is 405 g/mol. The molecule has 0 bridgehead atoms. The van der Waals surface area contributed by atoms with Gasteiger partial charge in [0.25, 0.3) is 5.91 Å². The molecule has 1 aromatic carbocycles. The first-order chi connectivity index (χ1) is 11.4. The van der Waals surface area contributed by atoms with Crippen molar-refractivity contribution < 1.29 is 13.2 Å². The van der Waals surface area contributed by atoms with Crippen molar-refractivity contribution in [1.82, 2.24) is 10.0 Å². The van der Waals surface area contributed by atoms with E-state index >= 15 is 0 Å². The molecule has 2 rings (SSSR count). The predicted molar refractivity (Wildman–Crippen MR) is 101 cm³/mol. The Morgan fingerprint density at radius 2 is 2.12 bits per heavy atom. The van der Waals surface area contributed by atoms with E-state index in [0.29, 0.717) is 6.54 Å². The summed E-state index contributed by atoms with van der Waals surface area (Å²) in [5.74, 6) is 1.37. The van der Waals surface area contributed by atoms with Gasteiger partial charge in [0.15, 0.2) is 0 Å². The fourth-order valence-electron chi connectivity index (χ4n) is 1.87. The van der Waals surface area contributed by atoms with Crippen LogP contribution < -0.4 is 10.0 Å². The van der Waals surface area contributed by atoms with Crippen LogP contribution in [0.5, 0.6) is 0 Å². The number of hydrogen-bond acceptors (Lipinski definition) is 5. The van der Waals surface area contributed by atoms with Crippen LogP contribution in [0.2, 0.25) is 5.02 Å². The van der Waals surface area contributed by atoms with Crippen LogP contribution in [-0.4, -0.2) is 33.7 Å². The van der Waals surface area contributed by atoms with Crippen molar-refractivity contribution in [2.24, 2.45) is 0 Å². The van der Waals surface area contributed by atoms with Gasteiger partial charge in [-0.3, -0.25) is 4.79 Å². The lowest BCUT2D eigenvalue weighted by Crippen LogP contribution is -2.26. The highest BCUT2D eigenvalue weighted by atomic mass is 35.5. The molecule has 0 aliphatic heterocycles. The smallest absolute Gasteiger partial charge is 0.251 e. The number of hydrogen-bond donors (Lipinski definition) is 2. The van der Waals surface area contributed by atoms with Crippen molar-refractivity contribution in [2.45, 2.75) is 10.6 Å². The molecule has 1 aromatic heterocycles. The third-order valence-corrected chi connectivity index (χ3v) is 7.07. The van der Waals surface area contributed by atoms with Gasteiger partial charge in [0.2, 0.25) is 10.0 Å².